The number of rotatable bonds is 3. The van der Waals surface area contributed by atoms with Crippen molar-refractivity contribution in [2.75, 3.05) is 10.6 Å². The number of urea groups is 1. The predicted molar refractivity (Wildman–Crippen MR) is 86.4 cm³/mol. The van der Waals surface area contributed by atoms with Crippen LogP contribution < -0.4 is 10.6 Å². The molecular formula is C16H15F2N5O. The number of carbonyl (C=O) groups is 1. The molecule has 24 heavy (non-hydrogen) atoms. The van der Waals surface area contributed by atoms with Crippen molar-refractivity contribution >= 4 is 28.4 Å². The number of carbonyl (C=O) groups excluding carboxylic acids is 1. The lowest BCUT2D eigenvalue weighted by Gasteiger charge is -2.06. The summed E-state index contributed by atoms with van der Waals surface area (Å²) in [7, 11) is 1.92. The minimum atomic E-state index is -2.70. The zero-order chi connectivity index (χ0) is 16.9. The van der Waals surface area contributed by atoms with Crippen molar-refractivity contribution in [1.82, 2.24) is 14.3 Å². The van der Waals surface area contributed by atoms with Crippen LogP contribution in [0, 0.1) is 0 Å². The summed E-state index contributed by atoms with van der Waals surface area (Å²) in [6, 6.07) is 7.67. The molecule has 0 radical (unpaired) electrons. The highest BCUT2D eigenvalue weighted by molar-refractivity contribution is 6.00. The van der Waals surface area contributed by atoms with E-state index in [0.717, 1.165) is 10.9 Å². The topological polar surface area (TPSA) is 63.9 Å². The van der Waals surface area contributed by atoms with Gasteiger partial charge in [-0.05, 0) is 23.6 Å². The van der Waals surface area contributed by atoms with E-state index in [9.17, 15) is 13.6 Å². The van der Waals surface area contributed by atoms with Crippen LogP contribution in [0.5, 0.6) is 0 Å². The number of benzene rings is 1. The standard InChI is InChI=1S/C16H15F2N5O/c1-22-6-4-10-2-3-11(8-12(10)22)19-15(24)20-14-5-7-23(21-14)13-9-16(13,17)18/h2-8,13H,9H2,1H3,(H2,19,20,21,24). The second kappa shape index (κ2) is 5.05. The number of fused-ring (bicyclic) bond motifs is 1. The van der Waals surface area contributed by atoms with Crippen molar-refractivity contribution in [2.45, 2.75) is 18.4 Å². The molecule has 1 saturated carbocycles. The molecule has 8 heteroatoms. The van der Waals surface area contributed by atoms with E-state index < -0.39 is 18.0 Å². The number of aryl methyl sites for hydroxylation is 1. The number of nitrogens with one attached hydrogen (secondary N) is 2. The molecule has 1 atom stereocenters. The summed E-state index contributed by atoms with van der Waals surface area (Å²) in [5, 5.41) is 10.3. The van der Waals surface area contributed by atoms with Gasteiger partial charge in [-0.25, -0.2) is 13.6 Å². The first kappa shape index (κ1) is 14.7. The zero-order valence-electron chi connectivity index (χ0n) is 12.8. The second-order valence-electron chi connectivity index (χ2n) is 5.94. The third-order valence-corrected chi connectivity index (χ3v) is 4.11. The molecule has 1 fully saturated rings. The highest BCUT2D eigenvalue weighted by Crippen LogP contribution is 2.52. The van der Waals surface area contributed by atoms with Crippen LogP contribution in [0.3, 0.4) is 0 Å². The fraction of sp³-hybridized carbons (Fsp3) is 0.250. The van der Waals surface area contributed by atoms with Gasteiger partial charge in [-0.2, -0.15) is 5.10 Å². The highest BCUT2D eigenvalue weighted by Gasteiger charge is 2.59. The van der Waals surface area contributed by atoms with E-state index in [1.807, 2.05) is 36.0 Å². The number of anilines is 2. The summed E-state index contributed by atoms with van der Waals surface area (Å²) in [6.07, 6.45) is 3.17. The molecule has 3 aromatic rings. The van der Waals surface area contributed by atoms with Crippen LogP contribution in [0.1, 0.15) is 12.5 Å². The van der Waals surface area contributed by atoms with Gasteiger partial charge in [0.1, 0.15) is 6.04 Å². The third-order valence-electron chi connectivity index (χ3n) is 4.11. The van der Waals surface area contributed by atoms with E-state index >= 15 is 0 Å². The van der Waals surface area contributed by atoms with Gasteiger partial charge < -0.3 is 9.88 Å². The normalized spacial score (nSPS) is 18.5. The Bertz CT molecular complexity index is 930. The molecule has 2 heterocycles. The smallest absolute Gasteiger partial charge is 0.324 e. The van der Waals surface area contributed by atoms with Crippen LogP contribution >= 0.6 is 0 Å². The maximum Gasteiger partial charge on any atom is 0.324 e. The lowest BCUT2D eigenvalue weighted by molar-refractivity contribution is 0.0984. The molecule has 1 aliphatic carbocycles. The maximum atomic E-state index is 13.0. The lowest BCUT2D eigenvalue weighted by Crippen LogP contribution is -2.20. The first-order valence-corrected chi connectivity index (χ1v) is 7.48. The maximum absolute atomic E-state index is 13.0. The Morgan fingerprint density at radius 3 is 2.79 bits per heavy atom. The Labute approximate surface area is 136 Å². The molecule has 0 saturated heterocycles. The summed E-state index contributed by atoms with van der Waals surface area (Å²) >= 11 is 0. The van der Waals surface area contributed by atoms with Gasteiger partial charge in [-0.3, -0.25) is 10.00 Å². The largest absolute Gasteiger partial charge is 0.350 e. The van der Waals surface area contributed by atoms with Crippen LogP contribution in [-0.4, -0.2) is 26.3 Å². The van der Waals surface area contributed by atoms with Gasteiger partial charge in [0.2, 0.25) is 0 Å². The molecule has 2 N–H and O–H groups in total. The lowest BCUT2D eigenvalue weighted by atomic mass is 10.2. The van der Waals surface area contributed by atoms with Crippen molar-refractivity contribution in [2.24, 2.45) is 7.05 Å². The Kier molecular flexibility index (Phi) is 3.09. The number of halogens is 2. The number of alkyl halides is 2. The quantitative estimate of drug-likeness (QED) is 0.770. The van der Waals surface area contributed by atoms with Crippen molar-refractivity contribution in [3.8, 4) is 0 Å². The van der Waals surface area contributed by atoms with Gasteiger partial charge in [-0.15, -0.1) is 0 Å². The Morgan fingerprint density at radius 2 is 2.04 bits per heavy atom. The molecule has 0 spiro atoms. The van der Waals surface area contributed by atoms with E-state index in [4.69, 9.17) is 0 Å². The minimum Gasteiger partial charge on any atom is -0.350 e. The zero-order valence-corrected chi connectivity index (χ0v) is 12.8. The molecule has 6 nitrogen and oxygen atoms in total. The van der Waals surface area contributed by atoms with E-state index in [1.165, 1.54) is 16.9 Å². The third kappa shape index (κ3) is 2.60. The molecule has 0 bridgehead atoms. The van der Waals surface area contributed by atoms with Gasteiger partial charge in [-0.1, -0.05) is 6.07 Å². The minimum absolute atomic E-state index is 0.211. The van der Waals surface area contributed by atoms with Crippen LogP contribution in [0.4, 0.5) is 25.1 Å². The average Bonchev–Trinajstić information content (AvgIpc) is 2.88. The first-order valence-electron chi connectivity index (χ1n) is 7.48. The number of hydrogen-bond acceptors (Lipinski definition) is 2. The number of nitrogens with zero attached hydrogens (tertiary/aromatic N) is 3. The average molecular weight is 331 g/mol. The van der Waals surface area contributed by atoms with E-state index in [2.05, 4.69) is 15.7 Å². The molecule has 1 unspecified atom stereocenters. The van der Waals surface area contributed by atoms with E-state index in [0.29, 0.717) is 5.69 Å². The SMILES string of the molecule is Cn1ccc2ccc(NC(=O)Nc3ccn(C4CC4(F)F)n3)cc21. The van der Waals surface area contributed by atoms with E-state index in [1.54, 1.807) is 6.07 Å². The highest BCUT2D eigenvalue weighted by atomic mass is 19.3. The Hall–Kier alpha value is -2.90. The number of amides is 2. The van der Waals surface area contributed by atoms with Crippen molar-refractivity contribution < 1.29 is 13.6 Å². The van der Waals surface area contributed by atoms with Crippen LogP contribution in [0.25, 0.3) is 10.9 Å². The van der Waals surface area contributed by atoms with Crippen LogP contribution in [0.2, 0.25) is 0 Å². The predicted octanol–water partition coefficient (Wildman–Crippen LogP) is 3.60. The first-order chi connectivity index (χ1) is 11.4. The molecule has 2 amide bonds. The molecular weight excluding hydrogens is 316 g/mol. The van der Waals surface area contributed by atoms with E-state index in [-0.39, 0.29) is 12.2 Å². The van der Waals surface area contributed by atoms with Crippen molar-refractivity contribution in [3.63, 3.8) is 0 Å². The van der Waals surface area contributed by atoms with Crippen molar-refractivity contribution in [3.05, 3.63) is 42.7 Å². The molecule has 1 aromatic carbocycles. The number of aromatic nitrogens is 3. The Balaban J connectivity index is 1.43. The fourth-order valence-corrected chi connectivity index (χ4v) is 2.68. The molecule has 124 valence electrons. The second-order valence-corrected chi connectivity index (χ2v) is 5.94. The monoisotopic (exact) mass is 331 g/mol. The van der Waals surface area contributed by atoms with Gasteiger partial charge in [0.15, 0.2) is 5.82 Å². The molecule has 4 rings (SSSR count). The number of hydrogen-bond donors (Lipinski definition) is 2. The van der Waals surface area contributed by atoms with Crippen molar-refractivity contribution in [1.29, 1.82) is 0 Å². The summed E-state index contributed by atoms with van der Waals surface area (Å²) in [5.41, 5.74) is 1.63. The molecule has 2 aromatic heterocycles. The van der Waals surface area contributed by atoms with Crippen LogP contribution in [-0.2, 0) is 7.05 Å². The molecule has 0 aliphatic heterocycles. The summed E-state index contributed by atoms with van der Waals surface area (Å²) in [6.45, 7) is 0. The van der Waals surface area contributed by atoms with Gasteiger partial charge in [0.05, 0.1) is 0 Å². The van der Waals surface area contributed by atoms with Gasteiger partial charge in [0.25, 0.3) is 5.92 Å². The summed E-state index contributed by atoms with van der Waals surface area (Å²) in [4.78, 5) is 12.0. The Morgan fingerprint density at radius 1 is 1.25 bits per heavy atom. The summed E-state index contributed by atoms with van der Waals surface area (Å²) in [5.74, 6) is -2.47. The molecule has 1 aliphatic rings. The summed E-state index contributed by atoms with van der Waals surface area (Å²) < 4.78 is 29.2. The van der Waals surface area contributed by atoms with Gasteiger partial charge >= 0.3 is 6.03 Å². The van der Waals surface area contributed by atoms with Gasteiger partial charge in [0, 0.05) is 43.1 Å². The fourth-order valence-electron chi connectivity index (χ4n) is 2.68. The van der Waals surface area contributed by atoms with Crippen LogP contribution in [0.15, 0.2) is 42.7 Å².